The predicted molar refractivity (Wildman–Crippen MR) is 70.5 cm³/mol. The maximum absolute atomic E-state index is 11.8. The number of rotatable bonds is 4. The Bertz CT molecular complexity index is 566. The van der Waals surface area contributed by atoms with Gasteiger partial charge in [-0.05, 0) is 25.1 Å². The highest BCUT2D eigenvalue weighted by molar-refractivity contribution is 6.00. The number of nitrogen functional groups attached to an aromatic ring is 1. The van der Waals surface area contributed by atoms with Crippen LogP contribution in [0.15, 0.2) is 18.2 Å². The molecule has 8 heteroatoms. The third-order valence-corrected chi connectivity index (χ3v) is 2.64. The topological polar surface area (TPSA) is 122 Å². The van der Waals surface area contributed by atoms with Crippen molar-refractivity contribution in [2.75, 3.05) is 18.1 Å². The second-order valence-corrected chi connectivity index (χ2v) is 4.02. The van der Waals surface area contributed by atoms with Gasteiger partial charge < -0.3 is 16.4 Å². The summed E-state index contributed by atoms with van der Waals surface area (Å²) in [5, 5.41) is 19.4. The number of benzene rings is 1. The van der Waals surface area contributed by atoms with Gasteiger partial charge in [0, 0.05) is 18.4 Å². The summed E-state index contributed by atoms with van der Waals surface area (Å²) in [7, 11) is 1.57. The monoisotopic (exact) mass is 261 g/mol. The van der Waals surface area contributed by atoms with Gasteiger partial charge in [0.1, 0.15) is 0 Å². The number of aromatic nitrogens is 4. The Kier molecular flexibility index (Phi) is 3.60. The maximum atomic E-state index is 11.8. The normalized spacial score (nSPS) is 11.9. The second kappa shape index (κ2) is 5.34. The minimum Gasteiger partial charge on any atom is -0.399 e. The van der Waals surface area contributed by atoms with E-state index in [-0.39, 0.29) is 11.9 Å². The van der Waals surface area contributed by atoms with Crippen LogP contribution < -0.4 is 16.4 Å². The van der Waals surface area contributed by atoms with Gasteiger partial charge in [-0.3, -0.25) is 4.79 Å². The molecule has 8 nitrogen and oxygen atoms in total. The number of aromatic amines is 1. The van der Waals surface area contributed by atoms with Gasteiger partial charge in [-0.15, -0.1) is 10.2 Å². The van der Waals surface area contributed by atoms with Gasteiger partial charge in [0.25, 0.3) is 5.91 Å². The van der Waals surface area contributed by atoms with E-state index in [1.807, 2.05) is 6.92 Å². The summed E-state index contributed by atoms with van der Waals surface area (Å²) in [6, 6.07) is 4.83. The fraction of sp³-hybridized carbons (Fsp3) is 0.273. The van der Waals surface area contributed by atoms with Crippen LogP contribution in [0.2, 0.25) is 0 Å². The molecule has 0 fully saturated rings. The van der Waals surface area contributed by atoms with Crippen molar-refractivity contribution in [1.29, 1.82) is 0 Å². The number of anilines is 2. The quantitative estimate of drug-likeness (QED) is 0.588. The lowest BCUT2D eigenvalue weighted by molar-refractivity contribution is 0.0964. The van der Waals surface area contributed by atoms with Crippen LogP contribution in [0, 0.1) is 0 Å². The van der Waals surface area contributed by atoms with Gasteiger partial charge in [-0.25, -0.2) is 0 Å². The van der Waals surface area contributed by atoms with E-state index in [1.54, 1.807) is 25.2 Å². The Labute approximate surface area is 109 Å². The van der Waals surface area contributed by atoms with Crippen molar-refractivity contribution in [3.63, 3.8) is 0 Å². The van der Waals surface area contributed by atoms with Crippen LogP contribution in [0.5, 0.6) is 0 Å². The zero-order valence-electron chi connectivity index (χ0n) is 10.6. The number of amides is 1. The van der Waals surface area contributed by atoms with Crippen LogP contribution in [0.3, 0.4) is 0 Å². The van der Waals surface area contributed by atoms with Crippen LogP contribution in [-0.4, -0.2) is 33.6 Å². The zero-order valence-corrected chi connectivity index (χ0v) is 10.6. The largest absolute Gasteiger partial charge is 0.399 e. The number of hydrogen-bond donors (Lipinski definition) is 4. The number of hydrogen-bond acceptors (Lipinski definition) is 6. The molecule has 1 atom stereocenters. The number of nitrogens with two attached hydrogens (primary N) is 1. The molecule has 0 aliphatic heterocycles. The van der Waals surface area contributed by atoms with Gasteiger partial charge >= 0.3 is 0 Å². The van der Waals surface area contributed by atoms with E-state index in [0.29, 0.717) is 22.8 Å². The summed E-state index contributed by atoms with van der Waals surface area (Å²) in [4.78, 5) is 11.8. The number of carbonyl (C=O) groups excluding carboxylic acids is 1. The smallest absolute Gasteiger partial charge is 0.253 e. The third kappa shape index (κ3) is 2.79. The second-order valence-electron chi connectivity index (χ2n) is 4.02. The molecular weight excluding hydrogens is 246 g/mol. The van der Waals surface area contributed by atoms with Crippen LogP contribution in [-0.2, 0) is 0 Å². The summed E-state index contributed by atoms with van der Waals surface area (Å²) >= 11 is 0. The van der Waals surface area contributed by atoms with E-state index in [0.717, 1.165) is 0 Å². The summed E-state index contributed by atoms with van der Waals surface area (Å²) in [6.07, 6.45) is 0. The molecule has 0 saturated carbocycles. The fourth-order valence-corrected chi connectivity index (χ4v) is 1.66. The Morgan fingerprint density at radius 3 is 2.89 bits per heavy atom. The Hall–Kier alpha value is -2.64. The predicted octanol–water partition coefficient (Wildman–Crippen LogP) is 0.315. The molecule has 0 bridgehead atoms. The zero-order chi connectivity index (χ0) is 13.8. The molecule has 5 N–H and O–H groups in total. The molecule has 2 rings (SSSR count). The van der Waals surface area contributed by atoms with Crippen LogP contribution in [0.1, 0.15) is 29.1 Å². The van der Waals surface area contributed by atoms with Crippen molar-refractivity contribution in [1.82, 2.24) is 25.9 Å². The average Bonchev–Trinajstić information content (AvgIpc) is 2.92. The lowest BCUT2D eigenvalue weighted by Gasteiger charge is -2.15. The molecular formula is C11H15N7O. The summed E-state index contributed by atoms with van der Waals surface area (Å²) in [5.74, 6) is 0.313. The highest BCUT2D eigenvalue weighted by Crippen LogP contribution is 2.23. The average molecular weight is 261 g/mol. The van der Waals surface area contributed by atoms with E-state index >= 15 is 0 Å². The fourth-order valence-electron chi connectivity index (χ4n) is 1.66. The first kappa shape index (κ1) is 12.8. The van der Waals surface area contributed by atoms with Crippen LogP contribution in [0.25, 0.3) is 0 Å². The molecule has 0 aliphatic carbocycles. The van der Waals surface area contributed by atoms with Crippen LogP contribution >= 0.6 is 0 Å². The van der Waals surface area contributed by atoms with E-state index in [2.05, 4.69) is 31.3 Å². The SMILES string of the molecule is CNC(=O)c1ccc(N)cc1NC(C)c1nn[nH]n1. The number of H-pyrrole nitrogens is 1. The van der Waals surface area contributed by atoms with Crippen molar-refractivity contribution in [3.05, 3.63) is 29.6 Å². The number of nitrogens with zero attached hydrogens (tertiary/aromatic N) is 3. The maximum Gasteiger partial charge on any atom is 0.253 e. The molecule has 0 spiro atoms. The first-order valence-corrected chi connectivity index (χ1v) is 5.73. The first-order chi connectivity index (χ1) is 9.11. The van der Waals surface area contributed by atoms with Crippen molar-refractivity contribution in [2.24, 2.45) is 0 Å². The van der Waals surface area contributed by atoms with Gasteiger partial charge in [-0.1, -0.05) is 5.21 Å². The minimum atomic E-state index is -0.205. The highest BCUT2D eigenvalue weighted by Gasteiger charge is 2.15. The molecule has 1 unspecified atom stereocenters. The molecule has 0 radical (unpaired) electrons. The van der Waals surface area contributed by atoms with Crippen molar-refractivity contribution >= 4 is 17.3 Å². The van der Waals surface area contributed by atoms with E-state index in [1.165, 1.54) is 0 Å². The Morgan fingerprint density at radius 1 is 1.47 bits per heavy atom. The van der Waals surface area contributed by atoms with Crippen LogP contribution in [0.4, 0.5) is 11.4 Å². The third-order valence-electron chi connectivity index (χ3n) is 2.64. The molecule has 1 heterocycles. The molecule has 1 amide bonds. The van der Waals surface area contributed by atoms with Gasteiger partial charge in [0.2, 0.25) is 0 Å². The number of tetrazole rings is 1. The number of carbonyl (C=O) groups is 1. The van der Waals surface area contributed by atoms with Gasteiger partial charge in [0.05, 0.1) is 11.6 Å². The lowest BCUT2D eigenvalue weighted by atomic mass is 10.1. The standard InChI is InChI=1S/C11H15N7O/c1-6(10-15-17-18-16-10)14-9-5-7(12)3-4-8(9)11(19)13-2/h3-6,14H,12H2,1-2H3,(H,13,19)(H,15,16,17,18). The molecule has 2 aromatic rings. The molecule has 1 aromatic heterocycles. The van der Waals surface area contributed by atoms with Crippen molar-refractivity contribution in [2.45, 2.75) is 13.0 Å². The van der Waals surface area contributed by atoms with E-state index in [9.17, 15) is 4.79 Å². The minimum absolute atomic E-state index is 0.192. The van der Waals surface area contributed by atoms with Gasteiger partial charge in [-0.2, -0.15) is 5.21 Å². The van der Waals surface area contributed by atoms with E-state index < -0.39 is 0 Å². The van der Waals surface area contributed by atoms with Gasteiger partial charge in [0.15, 0.2) is 5.82 Å². The lowest BCUT2D eigenvalue weighted by Crippen LogP contribution is -2.20. The molecule has 1 aromatic carbocycles. The number of nitrogens with one attached hydrogen (secondary N) is 3. The summed E-state index contributed by atoms with van der Waals surface area (Å²) < 4.78 is 0. The highest BCUT2D eigenvalue weighted by atomic mass is 16.1. The molecule has 19 heavy (non-hydrogen) atoms. The Morgan fingerprint density at radius 2 is 2.26 bits per heavy atom. The summed E-state index contributed by atoms with van der Waals surface area (Å²) in [5.41, 5.74) is 7.44. The van der Waals surface area contributed by atoms with E-state index in [4.69, 9.17) is 5.73 Å². The first-order valence-electron chi connectivity index (χ1n) is 5.73. The Balaban J connectivity index is 2.28. The summed E-state index contributed by atoms with van der Waals surface area (Å²) in [6.45, 7) is 1.86. The molecule has 0 aliphatic rings. The molecule has 0 saturated heterocycles. The van der Waals surface area contributed by atoms with Crippen molar-refractivity contribution in [3.8, 4) is 0 Å². The van der Waals surface area contributed by atoms with Crippen molar-refractivity contribution < 1.29 is 4.79 Å². The molecule has 100 valence electrons.